The first-order valence-electron chi connectivity index (χ1n) is 5.75. The number of nitrogens with zero attached hydrogens (tertiary/aromatic N) is 1. The van der Waals surface area contributed by atoms with E-state index >= 15 is 0 Å². The SMILES string of the molecule is Cc1cc(OC2CCCC2N)ccc1[N+](=O)[O-]. The molecule has 0 heterocycles. The Hall–Kier alpha value is -1.62. The maximum atomic E-state index is 10.7. The first kappa shape index (κ1) is 11.9. The van der Waals surface area contributed by atoms with E-state index in [-0.39, 0.29) is 22.8 Å². The predicted molar refractivity (Wildman–Crippen MR) is 64.1 cm³/mol. The highest BCUT2D eigenvalue weighted by molar-refractivity contribution is 5.44. The molecule has 2 N–H and O–H groups in total. The number of ether oxygens (including phenoxy) is 1. The van der Waals surface area contributed by atoms with Crippen LogP contribution in [0.25, 0.3) is 0 Å². The van der Waals surface area contributed by atoms with Crippen LogP contribution < -0.4 is 10.5 Å². The molecule has 2 atom stereocenters. The highest BCUT2D eigenvalue weighted by Crippen LogP contribution is 2.27. The van der Waals surface area contributed by atoms with Gasteiger partial charge < -0.3 is 10.5 Å². The third-order valence-corrected chi connectivity index (χ3v) is 3.16. The molecule has 0 radical (unpaired) electrons. The van der Waals surface area contributed by atoms with Gasteiger partial charge in [-0.2, -0.15) is 0 Å². The molecule has 0 saturated heterocycles. The van der Waals surface area contributed by atoms with E-state index in [1.807, 2.05) is 0 Å². The Morgan fingerprint density at radius 3 is 2.76 bits per heavy atom. The molecular formula is C12H16N2O3. The van der Waals surface area contributed by atoms with Crippen molar-refractivity contribution in [2.24, 2.45) is 5.73 Å². The minimum atomic E-state index is -0.388. The van der Waals surface area contributed by atoms with E-state index in [2.05, 4.69) is 0 Å². The second-order valence-electron chi connectivity index (χ2n) is 4.46. The molecule has 1 aliphatic rings. The lowest BCUT2D eigenvalue weighted by Gasteiger charge is -2.18. The molecule has 2 unspecified atom stereocenters. The third kappa shape index (κ3) is 2.55. The zero-order chi connectivity index (χ0) is 12.4. The van der Waals surface area contributed by atoms with Crippen molar-refractivity contribution in [3.63, 3.8) is 0 Å². The third-order valence-electron chi connectivity index (χ3n) is 3.16. The largest absolute Gasteiger partial charge is 0.489 e. The highest BCUT2D eigenvalue weighted by Gasteiger charge is 2.25. The molecule has 17 heavy (non-hydrogen) atoms. The number of benzene rings is 1. The van der Waals surface area contributed by atoms with Gasteiger partial charge in [0.2, 0.25) is 0 Å². The minimum Gasteiger partial charge on any atom is -0.489 e. The molecule has 2 rings (SSSR count). The number of nitro groups is 1. The van der Waals surface area contributed by atoms with Crippen LogP contribution in [0.3, 0.4) is 0 Å². The molecule has 5 heteroatoms. The van der Waals surface area contributed by atoms with E-state index in [0.29, 0.717) is 11.3 Å². The lowest BCUT2D eigenvalue weighted by Crippen LogP contribution is -2.33. The monoisotopic (exact) mass is 236 g/mol. The van der Waals surface area contributed by atoms with Crippen LogP contribution in [0.1, 0.15) is 24.8 Å². The molecular weight excluding hydrogens is 220 g/mol. The molecule has 1 aromatic rings. The second-order valence-corrected chi connectivity index (χ2v) is 4.46. The predicted octanol–water partition coefficient (Wildman–Crippen LogP) is 2.16. The molecule has 1 fully saturated rings. The number of rotatable bonds is 3. The van der Waals surface area contributed by atoms with Gasteiger partial charge in [0, 0.05) is 17.7 Å². The van der Waals surface area contributed by atoms with E-state index in [1.54, 1.807) is 19.1 Å². The summed E-state index contributed by atoms with van der Waals surface area (Å²) in [5, 5.41) is 10.7. The Morgan fingerprint density at radius 2 is 2.24 bits per heavy atom. The van der Waals surface area contributed by atoms with Gasteiger partial charge in [-0.3, -0.25) is 10.1 Å². The Labute approximate surface area is 99.7 Å². The van der Waals surface area contributed by atoms with Crippen LogP contribution in [0.5, 0.6) is 5.75 Å². The van der Waals surface area contributed by atoms with Crippen molar-refractivity contribution in [3.05, 3.63) is 33.9 Å². The van der Waals surface area contributed by atoms with Gasteiger partial charge in [-0.1, -0.05) is 0 Å². The Kier molecular flexibility index (Phi) is 3.28. The van der Waals surface area contributed by atoms with E-state index < -0.39 is 0 Å². The Balaban J connectivity index is 2.12. The van der Waals surface area contributed by atoms with E-state index in [4.69, 9.17) is 10.5 Å². The number of aryl methyl sites for hydroxylation is 1. The maximum Gasteiger partial charge on any atom is 0.272 e. The first-order valence-corrected chi connectivity index (χ1v) is 5.75. The van der Waals surface area contributed by atoms with Crippen molar-refractivity contribution in [1.29, 1.82) is 0 Å². The molecule has 1 aliphatic carbocycles. The lowest BCUT2D eigenvalue weighted by molar-refractivity contribution is -0.385. The average molecular weight is 236 g/mol. The van der Waals surface area contributed by atoms with Gasteiger partial charge in [0.05, 0.1) is 4.92 Å². The van der Waals surface area contributed by atoms with Crippen LogP contribution >= 0.6 is 0 Å². The van der Waals surface area contributed by atoms with Crippen molar-refractivity contribution < 1.29 is 9.66 Å². The van der Waals surface area contributed by atoms with Crippen molar-refractivity contribution in [3.8, 4) is 5.75 Å². The van der Waals surface area contributed by atoms with E-state index in [1.165, 1.54) is 6.07 Å². The number of hydrogen-bond donors (Lipinski definition) is 1. The quantitative estimate of drug-likeness (QED) is 0.644. The summed E-state index contributed by atoms with van der Waals surface area (Å²) in [5.74, 6) is 0.662. The van der Waals surface area contributed by atoms with Crippen LogP contribution in [0.15, 0.2) is 18.2 Å². The number of nitro benzene ring substituents is 1. The second kappa shape index (κ2) is 4.71. The molecule has 5 nitrogen and oxygen atoms in total. The van der Waals surface area contributed by atoms with Gasteiger partial charge in [-0.25, -0.2) is 0 Å². The van der Waals surface area contributed by atoms with Gasteiger partial charge in [0.1, 0.15) is 11.9 Å². The van der Waals surface area contributed by atoms with Crippen LogP contribution in [-0.4, -0.2) is 17.1 Å². The Bertz CT molecular complexity index is 434. The van der Waals surface area contributed by atoms with Crippen molar-refractivity contribution >= 4 is 5.69 Å². The molecule has 0 bridgehead atoms. The fourth-order valence-electron chi connectivity index (χ4n) is 2.18. The summed E-state index contributed by atoms with van der Waals surface area (Å²) < 4.78 is 5.76. The normalized spacial score (nSPS) is 23.6. The van der Waals surface area contributed by atoms with Gasteiger partial charge in [0.25, 0.3) is 5.69 Å². The van der Waals surface area contributed by atoms with Crippen LogP contribution in [0.4, 0.5) is 5.69 Å². The molecule has 1 saturated carbocycles. The molecule has 0 aliphatic heterocycles. The average Bonchev–Trinajstić information content (AvgIpc) is 2.64. The summed E-state index contributed by atoms with van der Waals surface area (Å²) in [5.41, 5.74) is 6.64. The molecule has 1 aromatic carbocycles. The lowest BCUT2D eigenvalue weighted by atomic mass is 10.2. The van der Waals surface area contributed by atoms with Crippen LogP contribution in [-0.2, 0) is 0 Å². The summed E-state index contributed by atoms with van der Waals surface area (Å²) in [6.07, 6.45) is 3.06. The summed E-state index contributed by atoms with van der Waals surface area (Å²) in [4.78, 5) is 10.3. The van der Waals surface area contributed by atoms with Gasteiger partial charge >= 0.3 is 0 Å². The maximum absolute atomic E-state index is 10.7. The van der Waals surface area contributed by atoms with Crippen molar-refractivity contribution in [2.75, 3.05) is 0 Å². The number of nitrogens with two attached hydrogens (primary N) is 1. The molecule has 0 amide bonds. The summed E-state index contributed by atoms with van der Waals surface area (Å²) in [7, 11) is 0. The standard InChI is InChI=1S/C12H16N2O3/c1-8-7-9(5-6-11(8)14(15)16)17-12-4-2-3-10(12)13/h5-7,10,12H,2-4,13H2,1H3. The zero-order valence-electron chi connectivity index (χ0n) is 9.76. The fraction of sp³-hybridized carbons (Fsp3) is 0.500. The summed E-state index contributed by atoms with van der Waals surface area (Å²) in [6, 6.07) is 4.88. The minimum absolute atomic E-state index is 0.0378. The van der Waals surface area contributed by atoms with Gasteiger partial charge in [0.15, 0.2) is 0 Å². The first-order chi connectivity index (χ1) is 8.08. The Morgan fingerprint density at radius 1 is 1.47 bits per heavy atom. The van der Waals surface area contributed by atoms with Crippen molar-refractivity contribution in [1.82, 2.24) is 0 Å². The fourth-order valence-corrected chi connectivity index (χ4v) is 2.18. The van der Waals surface area contributed by atoms with Gasteiger partial charge in [-0.15, -0.1) is 0 Å². The van der Waals surface area contributed by atoms with Crippen LogP contribution in [0.2, 0.25) is 0 Å². The van der Waals surface area contributed by atoms with E-state index in [9.17, 15) is 10.1 Å². The molecule has 0 aromatic heterocycles. The number of hydrogen-bond acceptors (Lipinski definition) is 4. The zero-order valence-corrected chi connectivity index (χ0v) is 9.76. The summed E-state index contributed by atoms with van der Waals surface area (Å²) in [6.45, 7) is 1.71. The summed E-state index contributed by atoms with van der Waals surface area (Å²) >= 11 is 0. The van der Waals surface area contributed by atoms with Crippen molar-refractivity contribution in [2.45, 2.75) is 38.3 Å². The van der Waals surface area contributed by atoms with Crippen LogP contribution in [0, 0.1) is 17.0 Å². The topological polar surface area (TPSA) is 78.4 Å². The van der Waals surface area contributed by atoms with Gasteiger partial charge in [-0.05, 0) is 38.3 Å². The van der Waals surface area contributed by atoms with E-state index in [0.717, 1.165) is 19.3 Å². The highest BCUT2D eigenvalue weighted by atomic mass is 16.6. The molecule has 92 valence electrons. The molecule has 0 spiro atoms. The smallest absolute Gasteiger partial charge is 0.272 e.